The molecule has 36 heavy (non-hydrogen) atoms. The van der Waals surface area contributed by atoms with Gasteiger partial charge in [0, 0.05) is 24.0 Å². The van der Waals surface area contributed by atoms with Crippen molar-refractivity contribution in [2.75, 3.05) is 27.5 Å². The van der Waals surface area contributed by atoms with Crippen LogP contribution < -0.4 is 14.2 Å². The van der Waals surface area contributed by atoms with Crippen LogP contribution >= 0.6 is 0 Å². The Bertz CT molecular complexity index is 1240. The van der Waals surface area contributed by atoms with E-state index in [1.807, 2.05) is 0 Å². The third-order valence-corrected chi connectivity index (χ3v) is 5.23. The third kappa shape index (κ3) is 6.38. The Morgan fingerprint density at radius 3 is 2.22 bits per heavy atom. The molecule has 0 saturated carbocycles. The molecule has 0 atom stereocenters. The maximum Gasteiger partial charge on any atom is 0.416 e. The number of ether oxygens (including phenoxy) is 3. The monoisotopic (exact) mass is 505 g/mol. The van der Waals surface area contributed by atoms with Gasteiger partial charge in [0.25, 0.3) is 0 Å². The molecule has 190 valence electrons. The fourth-order valence-corrected chi connectivity index (χ4v) is 3.42. The molecule has 0 radical (unpaired) electrons. The predicted molar refractivity (Wildman–Crippen MR) is 124 cm³/mol. The van der Waals surface area contributed by atoms with Crippen molar-refractivity contribution in [2.45, 2.75) is 19.0 Å². The Morgan fingerprint density at radius 2 is 1.56 bits per heavy atom. The van der Waals surface area contributed by atoms with E-state index in [1.165, 1.54) is 56.7 Å². The summed E-state index contributed by atoms with van der Waals surface area (Å²) in [6, 6.07) is 11.8. The van der Waals surface area contributed by atoms with Crippen LogP contribution in [0.2, 0.25) is 0 Å². The van der Waals surface area contributed by atoms with E-state index in [-0.39, 0.29) is 65.0 Å². The fraction of sp³-hybridized carbons (Fsp3) is 0.269. The Balaban J connectivity index is 1.77. The van der Waals surface area contributed by atoms with Gasteiger partial charge >= 0.3 is 6.18 Å². The molecular weight excluding hydrogens is 482 g/mol. The van der Waals surface area contributed by atoms with Gasteiger partial charge in [-0.3, -0.25) is 9.59 Å². The number of benzene rings is 2. The number of hydrogen-bond donors (Lipinski definition) is 0. The lowest BCUT2D eigenvalue weighted by atomic mass is 10.0. The normalized spacial score (nSPS) is 11.2. The van der Waals surface area contributed by atoms with Crippen LogP contribution in [0, 0.1) is 0 Å². The SMILES string of the molecule is COc1cc(C(=O)CCC(=O)c2ccc(OC)c(-c3cccc(C(F)(F)F)c3)n2)ccc1OCCF. The number of hydrogen-bond acceptors (Lipinski definition) is 6. The van der Waals surface area contributed by atoms with Gasteiger partial charge in [-0.05, 0) is 42.5 Å². The van der Waals surface area contributed by atoms with Crippen LogP contribution in [0.25, 0.3) is 11.3 Å². The van der Waals surface area contributed by atoms with Crippen molar-refractivity contribution < 1.29 is 41.4 Å². The molecule has 0 N–H and O–H groups in total. The van der Waals surface area contributed by atoms with Crippen LogP contribution in [-0.2, 0) is 6.18 Å². The number of methoxy groups -OCH3 is 2. The third-order valence-electron chi connectivity index (χ3n) is 5.23. The fourth-order valence-electron chi connectivity index (χ4n) is 3.42. The summed E-state index contributed by atoms with van der Waals surface area (Å²) in [6.45, 7) is -0.837. The van der Waals surface area contributed by atoms with Gasteiger partial charge in [-0.2, -0.15) is 13.2 Å². The van der Waals surface area contributed by atoms with Crippen molar-refractivity contribution in [1.29, 1.82) is 0 Å². The second-order valence-electron chi connectivity index (χ2n) is 7.58. The molecule has 1 aromatic heterocycles. The summed E-state index contributed by atoms with van der Waals surface area (Å²) < 4.78 is 67.4. The van der Waals surface area contributed by atoms with E-state index in [0.717, 1.165) is 12.1 Å². The number of carbonyl (C=O) groups excluding carboxylic acids is 2. The number of carbonyl (C=O) groups is 2. The first kappa shape index (κ1) is 26.7. The predicted octanol–water partition coefficient (Wildman–Crippen LogP) is 5.98. The summed E-state index contributed by atoms with van der Waals surface area (Å²) in [4.78, 5) is 29.6. The minimum absolute atomic E-state index is 0.0106. The summed E-state index contributed by atoms with van der Waals surface area (Å²) >= 11 is 0. The molecule has 10 heteroatoms. The average molecular weight is 505 g/mol. The number of Topliss-reactive ketones (excluding diaryl/α,β-unsaturated/α-hetero) is 2. The first-order valence-corrected chi connectivity index (χ1v) is 10.8. The Morgan fingerprint density at radius 1 is 0.861 bits per heavy atom. The molecule has 0 spiro atoms. The van der Waals surface area contributed by atoms with Crippen LogP contribution in [0.1, 0.15) is 39.3 Å². The molecule has 0 bridgehead atoms. The van der Waals surface area contributed by atoms with Crippen LogP contribution in [0.3, 0.4) is 0 Å². The van der Waals surface area contributed by atoms with Crippen LogP contribution in [0.15, 0.2) is 54.6 Å². The van der Waals surface area contributed by atoms with Gasteiger partial charge in [0.05, 0.1) is 19.8 Å². The number of ketones is 2. The van der Waals surface area contributed by atoms with E-state index in [2.05, 4.69) is 4.98 Å². The standard InChI is InChI=1S/C26H23F4NO5/c1-34-23-11-7-19(31-25(23)17-4-3-5-18(14-17)26(28,29)30)21(33)9-8-20(32)16-6-10-22(36-13-12-27)24(15-16)35-2/h3-7,10-11,14-15H,8-9,12-13H2,1-2H3. The number of alkyl halides is 4. The van der Waals surface area contributed by atoms with Crippen molar-refractivity contribution in [2.24, 2.45) is 0 Å². The van der Waals surface area contributed by atoms with Crippen LogP contribution in [0.4, 0.5) is 17.6 Å². The summed E-state index contributed by atoms with van der Waals surface area (Å²) in [6.07, 6.45) is -4.86. The summed E-state index contributed by atoms with van der Waals surface area (Å²) in [7, 11) is 2.73. The topological polar surface area (TPSA) is 74.7 Å². The van der Waals surface area contributed by atoms with Gasteiger partial charge in [-0.1, -0.05) is 12.1 Å². The van der Waals surface area contributed by atoms with Crippen molar-refractivity contribution in [3.8, 4) is 28.5 Å². The highest BCUT2D eigenvalue weighted by molar-refractivity contribution is 6.02. The van der Waals surface area contributed by atoms with Gasteiger partial charge in [0.1, 0.15) is 30.4 Å². The van der Waals surface area contributed by atoms with Gasteiger partial charge < -0.3 is 14.2 Å². The molecular formula is C26H23F4NO5. The second kappa shape index (κ2) is 11.7. The van der Waals surface area contributed by atoms with E-state index in [4.69, 9.17) is 14.2 Å². The lowest BCUT2D eigenvalue weighted by Crippen LogP contribution is -2.09. The molecule has 2 aromatic carbocycles. The zero-order valence-electron chi connectivity index (χ0n) is 19.5. The minimum Gasteiger partial charge on any atom is -0.494 e. The molecule has 0 aliphatic carbocycles. The first-order chi connectivity index (χ1) is 17.2. The highest BCUT2D eigenvalue weighted by atomic mass is 19.4. The number of nitrogens with zero attached hydrogens (tertiary/aromatic N) is 1. The quantitative estimate of drug-likeness (QED) is 0.236. The van der Waals surface area contributed by atoms with Crippen LogP contribution in [0.5, 0.6) is 17.2 Å². The molecule has 0 amide bonds. The van der Waals surface area contributed by atoms with E-state index in [9.17, 15) is 27.2 Å². The number of aromatic nitrogens is 1. The van der Waals surface area contributed by atoms with Crippen LogP contribution in [-0.4, -0.2) is 44.1 Å². The van der Waals surface area contributed by atoms with E-state index >= 15 is 0 Å². The van der Waals surface area contributed by atoms with Crippen molar-refractivity contribution in [1.82, 2.24) is 4.98 Å². The Labute approximate surface area is 204 Å². The molecule has 1 heterocycles. The Hall–Kier alpha value is -3.95. The van der Waals surface area contributed by atoms with Gasteiger partial charge in [0.15, 0.2) is 23.1 Å². The summed E-state index contributed by atoms with van der Waals surface area (Å²) in [5.41, 5.74) is -0.380. The zero-order valence-corrected chi connectivity index (χ0v) is 19.5. The average Bonchev–Trinajstić information content (AvgIpc) is 2.89. The minimum atomic E-state index is -4.54. The molecule has 0 saturated heterocycles. The molecule has 3 rings (SSSR count). The first-order valence-electron chi connectivity index (χ1n) is 10.8. The zero-order chi connectivity index (χ0) is 26.3. The lowest BCUT2D eigenvalue weighted by Gasteiger charge is -2.12. The van der Waals surface area contributed by atoms with E-state index in [0.29, 0.717) is 0 Å². The van der Waals surface area contributed by atoms with Crippen molar-refractivity contribution in [3.63, 3.8) is 0 Å². The van der Waals surface area contributed by atoms with Crippen molar-refractivity contribution >= 4 is 11.6 Å². The highest BCUT2D eigenvalue weighted by Crippen LogP contribution is 2.35. The largest absolute Gasteiger partial charge is 0.494 e. The Kier molecular flexibility index (Phi) is 8.63. The second-order valence-corrected chi connectivity index (χ2v) is 7.58. The van der Waals surface area contributed by atoms with Gasteiger partial charge in [0.2, 0.25) is 0 Å². The molecule has 0 unspecified atom stereocenters. The number of pyridine rings is 1. The van der Waals surface area contributed by atoms with Gasteiger partial charge in [-0.15, -0.1) is 0 Å². The van der Waals surface area contributed by atoms with Crippen molar-refractivity contribution in [3.05, 3.63) is 71.4 Å². The van der Waals surface area contributed by atoms with E-state index < -0.39 is 24.2 Å². The smallest absolute Gasteiger partial charge is 0.416 e. The number of rotatable bonds is 11. The molecule has 0 aliphatic heterocycles. The summed E-state index contributed by atoms with van der Waals surface area (Å²) in [5, 5.41) is 0. The molecule has 0 aliphatic rings. The molecule has 0 fully saturated rings. The van der Waals surface area contributed by atoms with E-state index in [1.54, 1.807) is 0 Å². The maximum absolute atomic E-state index is 13.1. The van der Waals surface area contributed by atoms with Gasteiger partial charge in [-0.25, -0.2) is 9.37 Å². The molecule has 6 nitrogen and oxygen atoms in total. The maximum atomic E-state index is 13.1. The number of halogens is 4. The lowest BCUT2D eigenvalue weighted by molar-refractivity contribution is -0.137. The summed E-state index contributed by atoms with van der Waals surface area (Å²) in [5.74, 6) is -0.0704. The molecule has 3 aromatic rings. The highest BCUT2D eigenvalue weighted by Gasteiger charge is 2.31.